The number of nitrogens with one attached hydrogen (secondary N) is 1. The molecule has 0 spiro atoms. The predicted octanol–water partition coefficient (Wildman–Crippen LogP) is 4.66. The Morgan fingerprint density at radius 2 is 1.82 bits per heavy atom. The van der Waals surface area contributed by atoms with Crippen LogP contribution in [0.3, 0.4) is 0 Å². The largest absolute Gasteiger partial charge is 0.372 e. The Balaban J connectivity index is 1.36. The second-order valence-corrected chi connectivity index (χ2v) is 8.59. The summed E-state index contributed by atoms with van der Waals surface area (Å²) in [5, 5.41) is 3.11. The van der Waals surface area contributed by atoms with Crippen molar-refractivity contribution in [3.63, 3.8) is 0 Å². The van der Waals surface area contributed by atoms with E-state index in [9.17, 15) is 9.18 Å². The van der Waals surface area contributed by atoms with Gasteiger partial charge in [0.2, 0.25) is 5.91 Å². The molecular formula is C27H32FN5O. The minimum atomic E-state index is -0.287. The third-order valence-corrected chi connectivity index (χ3v) is 6.39. The summed E-state index contributed by atoms with van der Waals surface area (Å²) in [5.41, 5.74) is 3.06. The summed E-state index contributed by atoms with van der Waals surface area (Å²) in [4.78, 5) is 26.4. The van der Waals surface area contributed by atoms with Crippen LogP contribution < -0.4 is 15.1 Å². The van der Waals surface area contributed by atoms with Gasteiger partial charge in [-0.2, -0.15) is 0 Å². The zero-order valence-electron chi connectivity index (χ0n) is 19.9. The van der Waals surface area contributed by atoms with Gasteiger partial charge in [-0.15, -0.1) is 0 Å². The fourth-order valence-electron chi connectivity index (χ4n) is 4.41. The lowest BCUT2D eigenvalue weighted by molar-refractivity contribution is -0.125. The molecule has 2 heterocycles. The van der Waals surface area contributed by atoms with E-state index < -0.39 is 0 Å². The molecule has 1 aliphatic heterocycles. The van der Waals surface area contributed by atoms with Crippen molar-refractivity contribution in [3.05, 3.63) is 72.2 Å². The Hall–Kier alpha value is -3.48. The first kappa shape index (κ1) is 23.7. The van der Waals surface area contributed by atoms with Crippen LogP contribution in [0.15, 0.2) is 60.8 Å². The average molecular weight is 462 g/mol. The van der Waals surface area contributed by atoms with Crippen molar-refractivity contribution in [2.24, 2.45) is 5.92 Å². The maximum atomic E-state index is 13.3. The Bertz CT molecular complexity index is 1080. The molecule has 0 aliphatic carbocycles. The molecule has 4 rings (SSSR count). The smallest absolute Gasteiger partial charge is 0.225 e. The van der Waals surface area contributed by atoms with Gasteiger partial charge >= 0.3 is 0 Å². The van der Waals surface area contributed by atoms with Gasteiger partial charge < -0.3 is 15.1 Å². The molecule has 34 heavy (non-hydrogen) atoms. The number of benzene rings is 2. The lowest BCUT2D eigenvalue weighted by Gasteiger charge is -2.33. The molecule has 1 fully saturated rings. The second kappa shape index (κ2) is 11.1. The number of piperidine rings is 1. The Morgan fingerprint density at radius 1 is 1.09 bits per heavy atom. The summed E-state index contributed by atoms with van der Waals surface area (Å²) < 4.78 is 13.3. The van der Waals surface area contributed by atoms with Gasteiger partial charge in [0.1, 0.15) is 11.6 Å². The molecule has 1 amide bonds. The van der Waals surface area contributed by atoms with Gasteiger partial charge in [0.15, 0.2) is 5.82 Å². The summed E-state index contributed by atoms with van der Waals surface area (Å²) in [7, 11) is 0. The van der Waals surface area contributed by atoms with E-state index in [0.717, 1.165) is 49.4 Å². The van der Waals surface area contributed by atoms with Crippen molar-refractivity contribution in [1.29, 1.82) is 0 Å². The molecule has 1 N–H and O–H groups in total. The highest BCUT2D eigenvalue weighted by Crippen LogP contribution is 2.24. The van der Waals surface area contributed by atoms with Crippen LogP contribution >= 0.6 is 0 Å². The topological polar surface area (TPSA) is 61.4 Å². The van der Waals surface area contributed by atoms with E-state index in [0.29, 0.717) is 18.9 Å². The Morgan fingerprint density at radius 3 is 2.53 bits per heavy atom. The maximum absolute atomic E-state index is 13.3. The van der Waals surface area contributed by atoms with E-state index in [1.165, 1.54) is 17.8 Å². The van der Waals surface area contributed by atoms with Crippen LogP contribution in [-0.4, -0.2) is 42.1 Å². The van der Waals surface area contributed by atoms with Crippen LogP contribution in [0, 0.1) is 11.7 Å². The summed E-state index contributed by atoms with van der Waals surface area (Å²) >= 11 is 0. The predicted molar refractivity (Wildman–Crippen MR) is 134 cm³/mol. The summed E-state index contributed by atoms with van der Waals surface area (Å²) in [6.45, 7) is 8.23. The van der Waals surface area contributed by atoms with Gasteiger partial charge in [-0.1, -0.05) is 12.1 Å². The van der Waals surface area contributed by atoms with Crippen molar-refractivity contribution < 1.29 is 9.18 Å². The Labute approximate surface area is 200 Å². The van der Waals surface area contributed by atoms with Crippen molar-refractivity contribution in [2.75, 3.05) is 36.0 Å². The third kappa shape index (κ3) is 5.71. The SMILES string of the molecule is CCN(CC)c1ccc(CNC(=O)C2CCCN(c3ccnc(-c4ccc(F)cc4)n3)C2)cc1. The van der Waals surface area contributed by atoms with Gasteiger partial charge in [0, 0.05) is 50.2 Å². The van der Waals surface area contributed by atoms with Gasteiger partial charge in [-0.3, -0.25) is 4.79 Å². The van der Waals surface area contributed by atoms with E-state index in [-0.39, 0.29) is 17.6 Å². The van der Waals surface area contributed by atoms with Crippen molar-refractivity contribution in [3.8, 4) is 11.4 Å². The molecule has 6 nitrogen and oxygen atoms in total. The second-order valence-electron chi connectivity index (χ2n) is 8.59. The van der Waals surface area contributed by atoms with Gasteiger partial charge in [0.05, 0.1) is 5.92 Å². The molecule has 1 atom stereocenters. The van der Waals surface area contributed by atoms with E-state index in [2.05, 4.69) is 63.2 Å². The first-order valence-corrected chi connectivity index (χ1v) is 12.0. The summed E-state index contributed by atoms with van der Waals surface area (Å²) in [6, 6.07) is 16.4. The third-order valence-electron chi connectivity index (χ3n) is 6.39. The van der Waals surface area contributed by atoms with Crippen LogP contribution in [0.5, 0.6) is 0 Å². The lowest BCUT2D eigenvalue weighted by Crippen LogP contribution is -2.43. The van der Waals surface area contributed by atoms with E-state index in [1.807, 2.05) is 6.07 Å². The number of amides is 1. The van der Waals surface area contributed by atoms with Crippen LogP contribution in [-0.2, 0) is 11.3 Å². The van der Waals surface area contributed by atoms with Crippen LogP contribution in [0.2, 0.25) is 0 Å². The molecule has 7 heteroatoms. The summed E-state index contributed by atoms with van der Waals surface area (Å²) in [5.74, 6) is 1.04. The highest BCUT2D eigenvalue weighted by Gasteiger charge is 2.26. The monoisotopic (exact) mass is 461 g/mol. The number of hydrogen-bond donors (Lipinski definition) is 1. The number of carbonyl (C=O) groups is 1. The van der Waals surface area contributed by atoms with Crippen molar-refractivity contribution >= 4 is 17.4 Å². The number of nitrogens with zero attached hydrogens (tertiary/aromatic N) is 4. The van der Waals surface area contributed by atoms with Crippen molar-refractivity contribution in [1.82, 2.24) is 15.3 Å². The summed E-state index contributed by atoms with van der Waals surface area (Å²) in [6.07, 6.45) is 3.50. The van der Waals surface area contributed by atoms with Crippen LogP contribution in [0.25, 0.3) is 11.4 Å². The number of carbonyl (C=O) groups excluding carboxylic acids is 1. The molecule has 178 valence electrons. The molecule has 3 aromatic rings. The van der Waals surface area contributed by atoms with Gasteiger partial charge in [-0.25, -0.2) is 14.4 Å². The van der Waals surface area contributed by atoms with E-state index >= 15 is 0 Å². The van der Waals surface area contributed by atoms with Crippen LogP contribution in [0.1, 0.15) is 32.3 Å². The molecule has 1 aromatic heterocycles. The standard InChI is InChI=1S/C27H32FN5O/c1-3-32(4-2)24-13-7-20(8-14-24)18-30-27(34)22-6-5-17-33(19-22)25-15-16-29-26(31-25)21-9-11-23(28)12-10-21/h7-16,22H,3-6,17-19H2,1-2H3,(H,30,34). The zero-order valence-corrected chi connectivity index (χ0v) is 19.9. The number of anilines is 2. The number of halogens is 1. The fourth-order valence-corrected chi connectivity index (χ4v) is 4.41. The molecule has 0 bridgehead atoms. The van der Waals surface area contributed by atoms with Gasteiger partial charge in [-0.05, 0) is 74.7 Å². The molecule has 0 saturated carbocycles. The number of aromatic nitrogens is 2. The minimum absolute atomic E-state index is 0.0744. The lowest BCUT2D eigenvalue weighted by atomic mass is 9.97. The quantitative estimate of drug-likeness (QED) is 0.529. The van der Waals surface area contributed by atoms with E-state index in [1.54, 1.807) is 18.3 Å². The molecule has 0 radical (unpaired) electrons. The minimum Gasteiger partial charge on any atom is -0.372 e. The Kier molecular flexibility index (Phi) is 7.72. The highest BCUT2D eigenvalue weighted by atomic mass is 19.1. The zero-order chi connectivity index (χ0) is 23.9. The maximum Gasteiger partial charge on any atom is 0.225 e. The number of rotatable bonds is 8. The average Bonchev–Trinajstić information content (AvgIpc) is 2.89. The van der Waals surface area contributed by atoms with Gasteiger partial charge in [0.25, 0.3) is 0 Å². The highest BCUT2D eigenvalue weighted by molar-refractivity contribution is 5.79. The normalized spacial score (nSPS) is 15.7. The first-order valence-electron chi connectivity index (χ1n) is 12.0. The fraction of sp³-hybridized carbons (Fsp3) is 0.370. The molecule has 1 aliphatic rings. The number of hydrogen-bond acceptors (Lipinski definition) is 5. The molecule has 1 unspecified atom stereocenters. The molecule has 2 aromatic carbocycles. The molecular weight excluding hydrogens is 429 g/mol. The van der Waals surface area contributed by atoms with Crippen LogP contribution in [0.4, 0.5) is 15.9 Å². The first-order chi connectivity index (χ1) is 16.6. The van der Waals surface area contributed by atoms with Crippen molar-refractivity contribution in [2.45, 2.75) is 33.2 Å². The molecule has 1 saturated heterocycles. The van der Waals surface area contributed by atoms with E-state index in [4.69, 9.17) is 0 Å².